The van der Waals surface area contributed by atoms with Gasteiger partial charge in [-0.15, -0.1) is 0 Å². The zero-order valence-electron chi connectivity index (χ0n) is 11.9. The highest BCUT2D eigenvalue weighted by Gasteiger charge is 2.04. The fraction of sp³-hybridized carbons (Fsp3) is 0.294. The minimum absolute atomic E-state index is 0.0428. The molecule has 0 bridgehead atoms. The van der Waals surface area contributed by atoms with Crippen LogP contribution in [0.25, 0.3) is 10.8 Å². The Balaban J connectivity index is 1.98. The molecular weight excluding hydrogens is 250 g/mol. The third-order valence-corrected chi connectivity index (χ3v) is 3.25. The molecule has 0 aliphatic carbocycles. The molecule has 0 fully saturated rings. The zero-order valence-corrected chi connectivity index (χ0v) is 11.9. The second-order valence-electron chi connectivity index (χ2n) is 5.16. The largest absolute Gasteiger partial charge is 0.352 e. The van der Waals surface area contributed by atoms with E-state index in [-0.39, 0.29) is 18.1 Å². The number of fused-ring (bicyclic) bond motifs is 1. The van der Waals surface area contributed by atoms with E-state index in [0.717, 1.165) is 5.56 Å². The SMILES string of the molecule is CC(=O)CCC(=O)NCc1ccc2cc(C)ccc2c1. The van der Waals surface area contributed by atoms with Gasteiger partial charge >= 0.3 is 0 Å². The summed E-state index contributed by atoms with van der Waals surface area (Å²) in [5.74, 6) is -0.0366. The Morgan fingerprint density at radius 2 is 1.70 bits per heavy atom. The van der Waals surface area contributed by atoms with E-state index in [4.69, 9.17) is 0 Å². The summed E-state index contributed by atoms with van der Waals surface area (Å²) in [5, 5.41) is 5.22. The van der Waals surface area contributed by atoms with Crippen LogP contribution in [-0.4, -0.2) is 11.7 Å². The first-order valence-corrected chi connectivity index (χ1v) is 6.80. The van der Waals surface area contributed by atoms with E-state index in [1.165, 1.54) is 23.3 Å². The number of hydrogen-bond donors (Lipinski definition) is 1. The van der Waals surface area contributed by atoms with Crippen LogP contribution in [0.15, 0.2) is 36.4 Å². The van der Waals surface area contributed by atoms with E-state index in [9.17, 15) is 9.59 Å². The lowest BCUT2D eigenvalue weighted by Gasteiger charge is -2.06. The maximum Gasteiger partial charge on any atom is 0.220 e. The van der Waals surface area contributed by atoms with Crippen molar-refractivity contribution in [2.45, 2.75) is 33.2 Å². The number of carbonyl (C=O) groups excluding carboxylic acids is 2. The minimum Gasteiger partial charge on any atom is -0.352 e. The molecule has 0 aliphatic rings. The van der Waals surface area contributed by atoms with Crippen molar-refractivity contribution < 1.29 is 9.59 Å². The summed E-state index contributed by atoms with van der Waals surface area (Å²) in [7, 11) is 0. The Bertz CT molecular complexity index is 646. The number of ketones is 1. The van der Waals surface area contributed by atoms with Gasteiger partial charge in [0.05, 0.1) is 0 Å². The van der Waals surface area contributed by atoms with Crippen LogP contribution in [0.3, 0.4) is 0 Å². The first kappa shape index (κ1) is 14.3. The van der Waals surface area contributed by atoms with Crippen LogP contribution in [0.2, 0.25) is 0 Å². The Kier molecular flexibility index (Phi) is 4.51. The van der Waals surface area contributed by atoms with Crippen LogP contribution in [-0.2, 0) is 16.1 Å². The van der Waals surface area contributed by atoms with Gasteiger partial charge in [0.25, 0.3) is 0 Å². The maximum atomic E-state index is 11.6. The third kappa shape index (κ3) is 3.92. The molecule has 3 nitrogen and oxygen atoms in total. The summed E-state index contributed by atoms with van der Waals surface area (Å²) in [6, 6.07) is 12.5. The Labute approximate surface area is 119 Å². The van der Waals surface area contributed by atoms with Gasteiger partial charge in [0.1, 0.15) is 5.78 Å². The van der Waals surface area contributed by atoms with Crippen LogP contribution in [0, 0.1) is 6.92 Å². The molecule has 3 heteroatoms. The van der Waals surface area contributed by atoms with Crippen molar-refractivity contribution in [3.8, 4) is 0 Å². The second kappa shape index (κ2) is 6.33. The molecule has 0 saturated heterocycles. The van der Waals surface area contributed by atoms with Crippen molar-refractivity contribution in [3.05, 3.63) is 47.5 Å². The molecule has 20 heavy (non-hydrogen) atoms. The molecule has 0 radical (unpaired) electrons. The zero-order chi connectivity index (χ0) is 14.5. The van der Waals surface area contributed by atoms with Gasteiger partial charge in [0.15, 0.2) is 0 Å². The molecule has 0 atom stereocenters. The minimum atomic E-state index is -0.0794. The summed E-state index contributed by atoms with van der Waals surface area (Å²) in [4.78, 5) is 22.4. The van der Waals surface area contributed by atoms with Crippen molar-refractivity contribution in [2.24, 2.45) is 0 Å². The van der Waals surface area contributed by atoms with E-state index in [1.54, 1.807) is 0 Å². The van der Waals surface area contributed by atoms with Crippen LogP contribution >= 0.6 is 0 Å². The lowest BCUT2D eigenvalue weighted by Crippen LogP contribution is -2.22. The van der Waals surface area contributed by atoms with Crippen molar-refractivity contribution in [2.75, 3.05) is 0 Å². The van der Waals surface area contributed by atoms with Crippen molar-refractivity contribution in [1.29, 1.82) is 0 Å². The van der Waals surface area contributed by atoms with Crippen molar-refractivity contribution in [1.82, 2.24) is 5.32 Å². The summed E-state index contributed by atoms with van der Waals surface area (Å²) >= 11 is 0. The second-order valence-corrected chi connectivity index (χ2v) is 5.16. The molecule has 0 unspecified atom stereocenters. The number of hydrogen-bond acceptors (Lipinski definition) is 2. The van der Waals surface area contributed by atoms with Gasteiger partial charge in [-0.2, -0.15) is 0 Å². The Hall–Kier alpha value is -2.16. The third-order valence-electron chi connectivity index (χ3n) is 3.25. The van der Waals surface area contributed by atoms with Gasteiger partial charge in [-0.25, -0.2) is 0 Å². The van der Waals surface area contributed by atoms with E-state index >= 15 is 0 Å². The van der Waals surface area contributed by atoms with Crippen molar-refractivity contribution >= 4 is 22.5 Å². The van der Waals surface area contributed by atoms with E-state index in [0.29, 0.717) is 13.0 Å². The first-order valence-electron chi connectivity index (χ1n) is 6.80. The highest BCUT2D eigenvalue weighted by molar-refractivity contribution is 5.85. The van der Waals surface area contributed by atoms with Gasteiger partial charge in [-0.1, -0.05) is 35.9 Å². The highest BCUT2D eigenvalue weighted by atomic mass is 16.2. The highest BCUT2D eigenvalue weighted by Crippen LogP contribution is 2.17. The summed E-state index contributed by atoms with van der Waals surface area (Å²) in [6.45, 7) is 4.07. The molecule has 0 aromatic heterocycles. The van der Waals surface area contributed by atoms with Crippen molar-refractivity contribution in [3.63, 3.8) is 0 Å². The molecule has 0 heterocycles. The molecule has 1 amide bonds. The molecule has 0 aliphatic heterocycles. The van der Waals surface area contributed by atoms with E-state index in [2.05, 4.69) is 42.6 Å². The number of Topliss-reactive ketones (excluding diaryl/α,β-unsaturated/α-hetero) is 1. The average molecular weight is 269 g/mol. The van der Waals surface area contributed by atoms with Crippen LogP contribution < -0.4 is 5.32 Å². The lowest BCUT2D eigenvalue weighted by molar-refractivity contribution is -0.124. The molecular formula is C17H19NO2. The lowest BCUT2D eigenvalue weighted by atomic mass is 10.0. The number of nitrogens with one attached hydrogen (secondary N) is 1. The number of rotatable bonds is 5. The molecule has 2 aromatic rings. The fourth-order valence-corrected chi connectivity index (χ4v) is 2.10. The summed E-state index contributed by atoms with van der Waals surface area (Å²) in [6.07, 6.45) is 0.574. The number of amides is 1. The van der Waals surface area contributed by atoms with Crippen LogP contribution in [0.1, 0.15) is 30.9 Å². The number of carbonyl (C=O) groups is 2. The van der Waals surface area contributed by atoms with Crippen LogP contribution in [0.4, 0.5) is 0 Å². The smallest absolute Gasteiger partial charge is 0.220 e. The molecule has 0 spiro atoms. The average Bonchev–Trinajstić information content (AvgIpc) is 2.42. The van der Waals surface area contributed by atoms with Gasteiger partial charge in [0, 0.05) is 19.4 Å². The van der Waals surface area contributed by atoms with Gasteiger partial charge in [0.2, 0.25) is 5.91 Å². The first-order chi connectivity index (χ1) is 9.54. The molecule has 2 aromatic carbocycles. The summed E-state index contributed by atoms with van der Waals surface area (Å²) in [5.41, 5.74) is 2.31. The standard InChI is InChI=1S/C17H19NO2/c1-12-3-6-16-10-14(5-7-15(16)9-12)11-18-17(20)8-4-13(2)19/h3,5-7,9-10H,4,8,11H2,1-2H3,(H,18,20). The number of benzene rings is 2. The number of aryl methyl sites for hydroxylation is 1. The predicted octanol–water partition coefficient (Wildman–Crippen LogP) is 3.13. The molecule has 0 saturated carbocycles. The quantitative estimate of drug-likeness (QED) is 0.906. The fourth-order valence-electron chi connectivity index (χ4n) is 2.10. The van der Waals surface area contributed by atoms with Crippen LogP contribution in [0.5, 0.6) is 0 Å². The van der Waals surface area contributed by atoms with Gasteiger partial charge in [-0.05, 0) is 36.2 Å². The Morgan fingerprint density at radius 3 is 2.45 bits per heavy atom. The van der Waals surface area contributed by atoms with Gasteiger partial charge < -0.3 is 10.1 Å². The molecule has 104 valence electrons. The molecule has 2 rings (SSSR count). The monoisotopic (exact) mass is 269 g/mol. The summed E-state index contributed by atoms with van der Waals surface area (Å²) < 4.78 is 0. The van der Waals surface area contributed by atoms with Gasteiger partial charge in [-0.3, -0.25) is 4.79 Å². The van der Waals surface area contributed by atoms with E-state index in [1.807, 2.05) is 6.07 Å². The normalized spacial score (nSPS) is 10.5. The Morgan fingerprint density at radius 1 is 1.00 bits per heavy atom. The predicted molar refractivity (Wildman–Crippen MR) is 80.4 cm³/mol. The molecule has 1 N–H and O–H groups in total. The van der Waals surface area contributed by atoms with E-state index < -0.39 is 0 Å². The topological polar surface area (TPSA) is 46.2 Å². The maximum absolute atomic E-state index is 11.6.